The molecule has 92 valence electrons. The summed E-state index contributed by atoms with van der Waals surface area (Å²) in [4.78, 5) is 11.0. The number of hydrogen-bond donors (Lipinski definition) is 0. The van der Waals surface area contributed by atoms with Gasteiger partial charge >= 0.3 is 0 Å². The predicted molar refractivity (Wildman–Crippen MR) is 76.1 cm³/mol. The van der Waals surface area contributed by atoms with E-state index in [1.54, 1.807) is 36.4 Å². The second-order valence-corrected chi connectivity index (χ2v) is 5.24. The fourth-order valence-electron chi connectivity index (χ4n) is 1.38. The van der Waals surface area contributed by atoms with E-state index in [4.69, 9.17) is 27.9 Å². The topological polar surface area (TPSA) is 26.3 Å². The Hall–Kier alpha value is -1.03. The predicted octanol–water partition coefficient (Wildman–Crippen LogP) is 5.36. The number of benzene rings is 2. The van der Waals surface area contributed by atoms with Crippen molar-refractivity contribution in [2.24, 2.45) is 0 Å². The second kappa shape index (κ2) is 5.74. The molecule has 0 aliphatic carbocycles. The molecule has 0 heterocycles. The van der Waals surface area contributed by atoms with Crippen LogP contribution < -0.4 is 4.74 Å². The van der Waals surface area contributed by atoms with Crippen LogP contribution in [0.5, 0.6) is 11.5 Å². The summed E-state index contributed by atoms with van der Waals surface area (Å²) in [6, 6.07) is 10.1. The Labute approximate surface area is 123 Å². The van der Waals surface area contributed by atoms with Crippen molar-refractivity contribution in [1.82, 2.24) is 0 Å². The molecule has 0 N–H and O–H groups in total. The summed E-state index contributed by atoms with van der Waals surface area (Å²) >= 11 is 15.1. The van der Waals surface area contributed by atoms with Crippen LogP contribution in [0.4, 0.5) is 0 Å². The zero-order valence-electron chi connectivity index (χ0n) is 8.99. The minimum absolute atomic E-state index is 0.391. The Bertz CT molecular complexity index is 600. The van der Waals surface area contributed by atoms with E-state index in [2.05, 4.69) is 15.9 Å². The van der Waals surface area contributed by atoms with Gasteiger partial charge in [0.15, 0.2) is 6.29 Å². The van der Waals surface area contributed by atoms with Crippen LogP contribution >= 0.6 is 39.1 Å². The smallest absolute Gasteiger partial charge is 0.153 e. The summed E-state index contributed by atoms with van der Waals surface area (Å²) in [7, 11) is 0. The molecule has 0 amide bonds. The van der Waals surface area contributed by atoms with Gasteiger partial charge in [0.25, 0.3) is 0 Å². The minimum Gasteiger partial charge on any atom is -0.455 e. The Morgan fingerprint density at radius 3 is 2.44 bits per heavy atom. The van der Waals surface area contributed by atoms with Crippen LogP contribution in [0.15, 0.2) is 40.9 Å². The Morgan fingerprint density at radius 2 is 1.78 bits per heavy atom. The number of halogens is 3. The quantitative estimate of drug-likeness (QED) is 0.700. The van der Waals surface area contributed by atoms with Gasteiger partial charge < -0.3 is 4.74 Å². The van der Waals surface area contributed by atoms with Gasteiger partial charge in [-0.15, -0.1) is 0 Å². The molecular formula is C13H7BrCl2O2. The van der Waals surface area contributed by atoms with E-state index >= 15 is 0 Å². The summed E-state index contributed by atoms with van der Waals surface area (Å²) in [5, 5.41) is 0.918. The lowest BCUT2D eigenvalue weighted by Crippen LogP contribution is -1.91. The number of hydrogen-bond acceptors (Lipinski definition) is 2. The first-order valence-electron chi connectivity index (χ1n) is 4.98. The van der Waals surface area contributed by atoms with Crippen molar-refractivity contribution in [3.05, 3.63) is 56.5 Å². The maximum Gasteiger partial charge on any atom is 0.153 e. The van der Waals surface area contributed by atoms with E-state index in [0.29, 0.717) is 27.1 Å². The van der Waals surface area contributed by atoms with E-state index in [-0.39, 0.29) is 0 Å². The van der Waals surface area contributed by atoms with Crippen LogP contribution in [-0.2, 0) is 0 Å². The van der Waals surface area contributed by atoms with Crippen molar-refractivity contribution < 1.29 is 9.53 Å². The van der Waals surface area contributed by atoms with Crippen LogP contribution in [0, 0.1) is 0 Å². The number of ether oxygens (including phenoxy) is 1. The van der Waals surface area contributed by atoms with Crippen LogP contribution in [0.3, 0.4) is 0 Å². The van der Waals surface area contributed by atoms with Crippen molar-refractivity contribution >= 4 is 45.4 Å². The van der Waals surface area contributed by atoms with E-state index in [1.165, 1.54) is 0 Å². The normalized spacial score (nSPS) is 10.2. The first-order chi connectivity index (χ1) is 8.60. The Balaban J connectivity index is 2.36. The maximum atomic E-state index is 11.0. The van der Waals surface area contributed by atoms with E-state index < -0.39 is 0 Å². The average Bonchev–Trinajstić information content (AvgIpc) is 2.34. The lowest BCUT2D eigenvalue weighted by atomic mass is 10.2. The molecule has 5 heteroatoms. The molecule has 0 saturated carbocycles. The van der Waals surface area contributed by atoms with Gasteiger partial charge in [0.2, 0.25) is 0 Å². The number of carbonyl (C=O) groups is 1. The van der Waals surface area contributed by atoms with Crippen molar-refractivity contribution in [2.75, 3.05) is 0 Å². The fraction of sp³-hybridized carbons (Fsp3) is 0. The number of aldehydes is 1. The highest BCUT2D eigenvalue weighted by Crippen LogP contribution is 2.33. The van der Waals surface area contributed by atoms with Crippen LogP contribution in [0.25, 0.3) is 0 Å². The average molecular weight is 346 g/mol. The van der Waals surface area contributed by atoms with E-state index in [1.807, 2.05) is 0 Å². The highest BCUT2D eigenvalue weighted by molar-refractivity contribution is 9.10. The summed E-state index contributed by atoms with van der Waals surface area (Å²) in [5.41, 5.74) is 0.440. The monoisotopic (exact) mass is 344 g/mol. The summed E-state index contributed by atoms with van der Waals surface area (Å²) < 4.78 is 6.40. The summed E-state index contributed by atoms with van der Waals surface area (Å²) in [6.07, 6.45) is 0.726. The van der Waals surface area contributed by atoms with E-state index in [9.17, 15) is 4.79 Å². The third-order valence-corrected chi connectivity index (χ3v) is 3.24. The highest BCUT2D eigenvalue weighted by atomic mass is 79.9. The zero-order valence-corrected chi connectivity index (χ0v) is 12.1. The Kier molecular flexibility index (Phi) is 4.27. The number of rotatable bonds is 3. The molecule has 0 bridgehead atoms. The van der Waals surface area contributed by atoms with Crippen molar-refractivity contribution in [3.8, 4) is 11.5 Å². The Morgan fingerprint density at radius 1 is 1.06 bits per heavy atom. The molecule has 2 aromatic rings. The van der Waals surface area contributed by atoms with Gasteiger partial charge in [0, 0.05) is 9.50 Å². The molecular weight excluding hydrogens is 339 g/mol. The van der Waals surface area contributed by atoms with Crippen molar-refractivity contribution in [1.29, 1.82) is 0 Å². The lowest BCUT2D eigenvalue weighted by Gasteiger charge is -2.09. The number of carbonyl (C=O) groups excluding carboxylic acids is 1. The molecule has 0 radical (unpaired) electrons. The molecule has 2 aromatic carbocycles. The van der Waals surface area contributed by atoms with Crippen LogP contribution in [0.2, 0.25) is 10.0 Å². The largest absolute Gasteiger partial charge is 0.455 e. The van der Waals surface area contributed by atoms with Gasteiger partial charge in [-0.3, -0.25) is 4.79 Å². The molecule has 18 heavy (non-hydrogen) atoms. The third kappa shape index (κ3) is 3.05. The van der Waals surface area contributed by atoms with Crippen LogP contribution in [-0.4, -0.2) is 6.29 Å². The summed E-state index contributed by atoms with van der Waals surface area (Å²) in [5.74, 6) is 0.893. The first-order valence-corrected chi connectivity index (χ1v) is 6.52. The minimum atomic E-state index is 0.391. The fourth-order valence-corrected chi connectivity index (χ4v) is 2.21. The molecule has 0 fully saturated rings. The lowest BCUT2D eigenvalue weighted by molar-refractivity contribution is 0.112. The molecule has 2 rings (SSSR count). The molecule has 0 aromatic heterocycles. The molecule has 0 aliphatic heterocycles. The van der Waals surface area contributed by atoms with Gasteiger partial charge in [-0.05, 0) is 36.4 Å². The van der Waals surface area contributed by atoms with Crippen LogP contribution in [0.1, 0.15) is 10.4 Å². The third-order valence-electron chi connectivity index (χ3n) is 2.21. The van der Waals surface area contributed by atoms with Gasteiger partial charge in [0.05, 0.1) is 10.6 Å². The second-order valence-electron chi connectivity index (χ2n) is 3.48. The van der Waals surface area contributed by atoms with Crippen molar-refractivity contribution in [3.63, 3.8) is 0 Å². The van der Waals surface area contributed by atoms with Crippen molar-refractivity contribution in [2.45, 2.75) is 0 Å². The molecule has 0 aliphatic rings. The van der Waals surface area contributed by atoms with Gasteiger partial charge in [0.1, 0.15) is 11.5 Å². The molecule has 0 spiro atoms. The first kappa shape index (κ1) is 13.4. The molecule has 0 saturated heterocycles. The van der Waals surface area contributed by atoms with Gasteiger partial charge in [-0.25, -0.2) is 0 Å². The standard InChI is InChI=1S/C13H7BrCl2O2/c14-9-1-3-12(8(5-9)7-17)18-13-4-2-10(15)6-11(13)16/h1-7H. The highest BCUT2D eigenvalue weighted by Gasteiger charge is 2.08. The molecule has 0 atom stereocenters. The SMILES string of the molecule is O=Cc1cc(Br)ccc1Oc1ccc(Cl)cc1Cl. The zero-order chi connectivity index (χ0) is 13.1. The maximum absolute atomic E-state index is 11.0. The summed E-state index contributed by atoms with van der Waals surface area (Å²) in [6.45, 7) is 0. The molecule has 0 unspecified atom stereocenters. The molecule has 2 nitrogen and oxygen atoms in total. The van der Waals surface area contributed by atoms with Gasteiger partial charge in [-0.2, -0.15) is 0 Å². The van der Waals surface area contributed by atoms with E-state index in [0.717, 1.165) is 10.8 Å². The van der Waals surface area contributed by atoms with Gasteiger partial charge in [-0.1, -0.05) is 39.1 Å².